The number of methoxy groups -OCH3 is 1. The Morgan fingerprint density at radius 1 is 1.23 bits per heavy atom. The van der Waals surface area contributed by atoms with Crippen molar-refractivity contribution < 1.29 is 23.8 Å². The Balaban J connectivity index is 1.60. The van der Waals surface area contributed by atoms with Crippen molar-refractivity contribution in [3.05, 3.63) is 48.7 Å². The molecule has 2 aliphatic heterocycles. The number of nitrogens with one attached hydrogen (secondary N) is 1. The average Bonchev–Trinajstić information content (AvgIpc) is 3.09. The maximum absolute atomic E-state index is 13.2. The Hall–Kier alpha value is -4.08. The number of fused-ring (bicyclic) bond motifs is 3. The van der Waals surface area contributed by atoms with Gasteiger partial charge in [0.05, 0.1) is 18.7 Å². The first kappa shape index (κ1) is 22.7. The predicted molar refractivity (Wildman–Crippen MR) is 129 cm³/mol. The van der Waals surface area contributed by atoms with Gasteiger partial charge in [-0.15, -0.1) is 0 Å². The smallest absolute Gasteiger partial charge is 0.258 e. The lowest BCUT2D eigenvalue weighted by atomic mass is 10.1. The molecule has 10 nitrogen and oxygen atoms in total. The average molecular weight is 478 g/mol. The number of imidazole rings is 1. The first-order valence-electron chi connectivity index (χ1n) is 11.6. The number of ether oxygens (including phenoxy) is 3. The number of carbonyl (C=O) groups excluding carboxylic acids is 2. The highest BCUT2D eigenvalue weighted by atomic mass is 16.6. The second-order valence-electron chi connectivity index (χ2n) is 8.44. The number of anilines is 1. The summed E-state index contributed by atoms with van der Waals surface area (Å²) >= 11 is 0. The number of likely N-dealkylation sites (tertiary alicyclic amines) is 1. The highest BCUT2D eigenvalue weighted by Gasteiger charge is 2.30. The second kappa shape index (κ2) is 9.65. The number of hydrogen-bond donors (Lipinski definition) is 1. The molecule has 4 heterocycles. The van der Waals surface area contributed by atoms with Crippen LogP contribution in [0.2, 0.25) is 0 Å². The summed E-state index contributed by atoms with van der Waals surface area (Å²) in [6.45, 7) is 5.65. The number of pyridine rings is 1. The Kier molecular flexibility index (Phi) is 6.26. The monoisotopic (exact) mass is 477 g/mol. The minimum absolute atomic E-state index is 0.114. The lowest BCUT2D eigenvalue weighted by molar-refractivity contribution is -0.126. The van der Waals surface area contributed by atoms with Gasteiger partial charge in [0.1, 0.15) is 18.7 Å². The van der Waals surface area contributed by atoms with Crippen molar-refractivity contribution in [3.63, 3.8) is 0 Å². The van der Waals surface area contributed by atoms with E-state index in [0.717, 1.165) is 24.8 Å². The molecular weight excluding hydrogens is 450 g/mol. The number of rotatable bonds is 5. The van der Waals surface area contributed by atoms with Gasteiger partial charge >= 0.3 is 0 Å². The molecule has 1 aromatic carbocycles. The Morgan fingerprint density at radius 2 is 2.09 bits per heavy atom. The molecule has 0 aliphatic carbocycles. The summed E-state index contributed by atoms with van der Waals surface area (Å²) in [5.41, 5.74) is 1.80. The minimum atomic E-state index is -0.346. The van der Waals surface area contributed by atoms with Gasteiger partial charge in [0.25, 0.3) is 5.91 Å². The van der Waals surface area contributed by atoms with Crippen molar-refractivity contribution in [2.24, 2.45) is 0 Å². The van der Waals surface area contributed by atoms with Crippen molar-refractivity contribution >= 4 is 28.8 Å². The summed E-state index contributed by atoms with van der Waals surface area (Å²) in [6, 6.07) is 6.73. The van der Waals surface area contributed by atoms with E-state index >= 15 is 0 Å². The zero-order valence-corrected chi connectivity index (χ0v) is 19.5. The fourth-order valence-corrected chi connectivity index (χ4v) is 4.63. The summed E-state index contributed by atoms with van der Waals surface area (Å²) in [5, 5.41) is 2.96. The molecule has 1 fully saturated rings. The molecule has 2 amide bonds. The Bertz CT molecular complexity index is 1290. The van der Waals surface area contributed by atoms with Gasteiger partial charge in [0, 0.05) is 30.9 Å². The number of nitrogens with zero attached hydrogens (tertiary/aromatic N) is 4. The molecule has 2 aromatic heterocycles. The van der Waals surface area contributed by atoms with Crippen molar-refractivity contribution in [1.82, 2.24) is 19.4 Å². The third-order valence-electron chi connectivity index (χ3n) is 6.29. The number of benzene rings is 1. The van der Waals surface area contributed by atoms with Crippen LogP contribution in [0, 0.1) is 0 Å². The van der Waals surface area contributed by atoms with E-state index in [4.69, 9.17) is 19.2 Å². The van der Waals surface area contributed by atoms with Gasteiger partial charge in [-0.05, 0) is 43.5 Å². The molecule has 1 atom stereocenters. The standard InChI is InChI=1S/C25H27N5O5/c1-3-21(31)29-11-5-4-6-17(15-29)30-22-18(7-8-19-23(22)35-13-12-34-19)27-25(30)28-24(32)16-9-10-26-20(14-16)33-2/h3,7-10,14,17H,1,4-6,11-13,15H2,2H3,(H,27,28,32). The first-order valence-corrected chi connectivity index (χ1v) is 11.6. The van der Waals surface area contributed by atoms with Crippen LogP contribution in [0.5, 0.6) is 17.4 Å². The fourth-order valence-electron chi connectivity index (χ4n) is 4.63. The van der Waals surface area contributed by atoms with E-state index in [2.05, 4.69) is 16.9 Å². The van der Waals surface area contributed by atoms with Gasteiger partial charge in [-0.1, -0.05) is 6.58 Å². The molecule has 3 aromatic rings. The largest absolute Gasteiger partial charge is 0.486 e. The third kappa shape index (κ3) is 4.39. The molecule has 1 saturated heterocycles. The van der Waals surface area contributed by atoms with E-state index < -0.39 is 0 Å². The Labute approximate surface area is 202 Å². The molecule has 1 N–H and O–H groups in total. The number of aromatic nitrogens is 3. The van der Waals surface area contributed by atoms with Gasteiger partial charge in [-0.2, -0.15) is 0 Å². The van der Waals surface area contributed by atoms with E-state index in [-0.39, 0.29) is 17.9 Å². The summed E-state index contributed by atoms with van der Waals surface area (Å²) in [5.74, 6) is 1.49. The van der Waals surface area contributed by atoms with E-state index in [9.17, 15) is 9.59 Å². The van der Waals surface area contributed by atoms with Gasteiger partial charge in [-0.3, -0.25) is 14.9 Å². The molecule has 10 heteroatoms. The van der Waals surface area contributed by atoms with Crippen LogP contribution < -0.4 is 19.5 Å². The van der Waals surface area contributed by atoms with Crippen LogP contribution in [-0.4, -0.2) is 64.7 Å². The summed E-state index contributed by atoms with van der Waals surface area (Å²) in [7, 11) is 1.50. The van der Waals surface area contributed by atoms with Crippen molar-refractivity contribution in [2.45, 2.75) is 25.3 Å². The molecule has 182 valence electrons. The maximum Gasteiger partial charge on any atom is 0.258 e. The molecule has 0 spiro atoms. The Morgan fingerprint density at radius 3 is 2.91 bits per heavy atom. The third-order valence-corrected chi connectivity index (χ3v) is 6.29. The van der Waals surface area contributed by atoms with Crippen molar-refractivity contribution in [2.75, 3.05) is 38.7 Å². The molecule has 2 aliphatic rings. The van der Waals surface area contributed by atoms with Gasteiger partial charge < -0.3 is 23.7 Å². The highest BCUT2D eigenvalue weighted by molar-refractivity contribution is 6.04. The van der Waals surface area contributed by atoms with Gasteiger partial charge in [0.2, 0.25) is 17.7 Å². The molecule has 5 rings (SSSR count). The van der Waals surface area contributed by atoms with Crippen LogP contribution in [0.3, 0.4) is 0 Å². The highest BCUT2D eigenvalue weighted by Crippen LogP contribution is 2.41. The maximum atomic E-state index is 13.2. The molecule has 0 saturated carbocycles. The van der Waals surface area contributed by atoms with Crippen LogP contribution in [0.4, 0.5) is 5.95 Å². The van der Waals surface area contributed by atoms with E-state index in [1.807, 2.05) is 16.7 Å². The van der Waals surface area contributed by atoms with Gasteiger partial charge in [-0.25, -0.2) is 9.97 Å². The van der Waals surface area contributed by atoms with Crippen LogP contribution in [0.1, 0.15) is 35.7 Å². The zero-order valence-electron chi connectivity index (χ0n) is 19.5. The van der Waals surface area contributed by atoms with Gasteiger partial charge in [0.15, 0.2) is 11.5 Å². The van der Waals surface area contributed by atoms with Crippen LogP contribution in [0.25, 0.3) is 11.0 Å². The summed E-state index contributed by atoms with van der Waals surface area (Å²) < 4.78 is 19.0. The molecule has 1 unspecified atom stereocenters. The van der Waals surface area contributed by atoms with Crippen LogP contribution in [-0.2, 0) is 4.79 Å². The van der Waals surface area contributed by atoms with Crippen molar-refractivity contribution in [3.8, 4) is 17.4 Å². The second-order valence-corrected chi connectivity index (χ2v) is 8.44. The summed E-state index contributed by atoms with van der Waals surface area (Å²) in [6.07, 6.45) is 5.48. The van der Waals surface area contributed by atoms with E-state index in [1.54, 1.807) is 17.0 Å². The lowest BCUT2D eigenvalue weighted by Crippen LogP contribution is -2.34. The first-order chi connectivity index (χ1) is 17.1. The molecular formula is C25H27N5O5. The normalized spacial score (nSPS) is 17.5. The van der Waals surface area contributed by atoms with Crippen LogP contribution >= 0.6 is 0 Å². The van der Waals surface area contributed by atoms with Crippen LogP contribution in [0.15, 0.2) is 43.1 Å². The SMILES string of the molecule is C=CC(=O)N1CCCCC(n2c(NC(=O)c3ccnc(OC)c3)nc3ccc4c(c32)OCCO4)C1. The summed E-state index contributed by atoms with van der Waals surface area (Å²) in [4.78, 5) is 36.3. The molecule has 0 radical (unpaired) electrons. The minimum Gasteiger partial charge on any atom is -0.486 e. The van der Waals surface area contributed by atoms with E-state index in [0.29, 0.717) is 60.7 Å². The predicted octanol–water partition coefficient (Wildman–Crippen LogP) is 3.20. The number of hydrogen-bond acceptors (Lipinski definition) is 7. The number of carbonyl (C=O) groups is 2. The topological polar surface area (TPSA) is 108 Å². The molecule has 35 heavy (non-hydrogen) atoms. The fraction of sp³-hybridized carbons (Fsp3) is 0.360. The van der Waals surface area contributed by atoms with E-state index in [1.165, 1.54) is 19.4 Å². The lowest BCUT2D eigenvalue weighted by Gasteiger charge is -2.27. The van der Waals surface area contributed by atoms with Crippen molar-refractivity contribution in [1.29, 1.82) is 0 Å². The quantitative estimate of drug-likeness (QED) is 0.562. The molecule has 0 bridgehead atoms. The zero-order chi connectivity index (χ0) is 24.4. The number of amides is 2.